The molecule has 0 aromatic carbocycles. The zero-order valence-electron chi connectivity index (χ0n) is 8.86. The topological polar surface area (TPSA) is 75.6 Å². The number of hydrogen-bond acceptors (Lipinski definition) is 3. The smallest absolute Gasteiger partial charge is 0.407 e. The average Bonchev–Trinajstić information content (AvgIpc) is 2.20. The Bertz CT molecular complexity index is 227. The molecule has 0 radical (unpaired) electrons. The minimum atomic E-state index is -0.816. The molecule has 86 valence electrons. The van der Waals surface area contributed by atoms with Crippen molar-refractivity contribution in [3.8, 4) is 0 Å². The molecule has 0 aromatic rings. The minimum absolute atomic E-state index is 0.178. The monoisotopic (exact) mass is 215 g/mol. The number of rotatable bonds is 7. The van der Waals surface area contributed by atoms with Gasteiger partial charge in [0.15, 0.2) is 0 Å². The molecule has 0 fully saturated rings. The van der Waals surface area contributed by atoms with E-state index in [9.17, 15) is 9.59 Å². The summed E-state index contributed by atoms with van der Waals surface area (Å²) in [4.78, 5) is 21.3. The van der Waals surface area contributed by atoms with Gasteiger partial charge in [-0.1, -0.05) is 19.6 Å². The number of ether oxygens (including phenoxy) is 1. The lowest BCUT2D eigenvalue weighted by atomic mass is 10.1. The van der Waals surface area contributed by atoms with Gasteiger partial charge in [0, 0.05) is 6.54 Å². The van der Waals surface area contributed by atoms with Gasteiger partial charge in [-0.3, -0.25) is 4.79 Å². The summed E-state index contributed by atoms with van der Waals surface area (Å²) in [7, 11) is 0. The molecule has 0 heterocycles. The summed E-state index contributed by atoms with van der Waals surface area (Å²) in [5, 5.41) is 11.1. The zero-order chi connectivity index (χ0) is 11.7. The van der Waals surface area contributed by atoms with Crippen LogP contribution in [0.4, 0.5) is 4.79 Å². The van der Waals surface area contributed by atoms with Crippen LogP contribution in [0.2, 0.25) is 0 Å². The molecule has 0 aliphatic carbocycles. The Kier molecular flexibility index (Phi) is 7.05. The lowest BCUT2D eigenvalue weighted by Crippen LogP contribution is -2.26. The number of nitrogens with one attached hydrogen (secondary N) is 1. The Labute approximate surface area is 89.1 Å². The van der Waals surface area contributed by atoms with E-state index in [4.69, 9.17) is 5.11 Å². The second-order valence-corrected chi connectivity index (χ2v) is 3.20. The van der Waals surface area contributed by atoms with Gasteiger partial charge in [0.05, 0.1) is 5.92 Å². The van der Waals surface area contributed by atoms with E-state index in [1.165, 1.54) is 6.08 Å². The molecule has 0 unspecified atom stereocenters. The first-order chi connectivity index (χ1) is 7.07. The number of amides is 1. The summed E-state index contributed by atoms with van der Waals surface area (Å²) in [6, 6.07) is 0. The van der Waals surface area contributed by atoms with Crippen LogP contribution in [0.3, 0.4) is 0 Å². The predicted molar refractivity (Wildman–Crippen MR) is 55.6 cm³/mol. The van der Waals surface area contributed by atoms with Crippen molar-refractivity contribution in [2.45, 2.75) is 19.8 Å². The fourth-order valence-electron chi connectivity index (χ4n) is 0.908. The maximum atomic E-state index is 10.9. The molecule has 0 aliphatic heterocycles. The van der Waals surface area contributed by atoms with Gasteiger partial charge < -0.3 is 15.2 Å². The quantitative estimate of drug-likeness (QED) is 0.497. The lowest BCUT2D eigenvalue weighted by Gasteiger charge is -2.07. The largest absolute Gasteiger partial charge is 0.481 e. The van der Waals surface area contributed by atoms with Crippen molar-refractivity contribution in [1.29, 1.82) is 0 Å². The zero-order valence-corrected chi connectivity index (χ0v) is 8.86. The highest BCUT2D eigenvalue weighted by atomic mass is 16.5. The van der Waals surface area contributed by atoms with Crippen LogP contribution in [0.1, 0.15) is 19.8 Å². The minimum Gasteiger partial charge on any atom is -0.481 e. The third-order valence-electron chi connectivity index (χ3n) is 1.84. The van der Waals surface area contributed by atoms with Crippen LogP contribution in [0.25, 0.3) is 0 Å². The van der Waals surface area contributed by atoms with Crippen molar-refractivity contribution >= 4 is 12.1 Å². The number of carbonyl (C=O) groups is 2. The Morgan fingerprint density at radius 2 is 2.27 bits per heavy atom. The number of hydrogen-bond donors (Lipinski definition) is 2. The van der Waals surface area contributed by atoms with Gasteiger partial charge in [-0.2, -0.15) is 0 Å². The average molecular weight is 215 g/mol. The SMILES string of the molecule is C=CCOC(=O)NCCC[C@H](C)C(=O)O. The van der Waals surface area contributed by atoms with Crippen LogP contribution in [0, 0.1) is 5.92 Å². The molecule has 1 atom stereocenters. The summed E-state index contributed by atoms with van der Waals surface area (Å²) >= 11 is 0. The molecule has 1 amide bonds. The van der Waals surface area contributed by atoms with E-state index in [1.54, 1.807) is 6.92 Å². The molecule has 0 saturated carbocycles. The van der Waals surface area contributed by atoms with E-state index in [0.717, 1.165) is 0 Å². The number of carboxylic acids is 1. The van der Waals surface area contributed by atoms with Gasteiger partial charge >= 0.3 is 12.1 Å². The first-order valence-electron chi connectivity index (χ1n) is 4.82. The summed E-state index contributed by atoms with van der Waals surface area (Å²) < 4.78 is 4.66. The summed E-state index contributed by atoms with van der Waals surface area (Å²) in [5.74, 6) is -1.19. The molecular weight excluding hydrogens is 198 g/mol. The molecular formula is C10H17NO4. The normalized spacial score (nSPS) is 11.5. The van der Waals surface area contributed by atoms with Crippen LogP contribution in [0.15, 0.2) is 12.7 Å². The van der Waals surface area contributed by atoms with Gasteiger partial charge in [-0.25, -0.2) is 4.79 Å². The molecule has 5 nitrogen and oxygen atoms in total. The molecule has 2 N–H and O–H groups in total. The maximum Gasteiger partial charge on any atom is 0.407 e. The molecule has 0 rings (SSSR count). The van der Waals surface area contributed by atoms with Gasteiger partial charge in [0.1, 0.15) is 6.61 Å². The first-order valence-corrected chi connectivity index (χ1v) is 4.82. The van der Waals surface area contributed by atoms with Gasteiger partial charge in [0.2, 0.25) is 0 Å². The van der Waals surface area contributed by atoms with Gasteiger partial charge in [-0.05, 0) is 12.8 Å². The molecule has 0 spiro atoms. The van der Waals surface area contributed by atoms with Crippen molar-refractivity contribution in [1.82, 2.24) is 5.32 Å². The molecule has 15 heavy (non-hydrogen) atoms. The standard InChI is InChI=1S/C10H17NO4/c1-3-7-15-10(14)11-6-4-5-8(2)9(12)13/h3,8H,1,4-7H2,2H3,(H,11,14)(H,12,13)/t8-/m0/s1. The van der Waals surface area contributed by atoms with E-state index < -0.39 is 12.1 Å². The highest BCUT2D eigenvalue weighted by Crippen LogP contribution is 2.04. The molecule has 0 saturated heterocycles. The Balaban J connectivity index is 3.41. The molecule has 0 aromatic heterocycles. The van der Waals surface area contributed by atoms with E-state index in [0.29, 0.717) is 19.4 Å². The second-order valence-electron chi connectivity index (χ2n) is 3.20. The van der Waals surface area contributed by atoms with E-state index in [1.807, 2.05) is 0 Å². The van der Waals surface area contributed by atoms with E-state index >= 15 is 0 Å². The summed E-state index contributed by atoms with van der Waals surface area (Å²) in [5.41, 5.74) is 0. The van der Waals surface area contributed by atoms with Crippen molar-refractivity contribution in [3.63, 3.8) is 0 Å². The third-order valence-corrected chi connectivity index (χ3v) is 1.84. The number of aliphatic carboxylic acids is 1. The van der Waals surface area contributed by atoms with E-state index in [-0.39, 0.29) is 12.5 Å². The third kappa shape index (κ3) is 7.54. The molecule has 0 aliphatic rings. The Morgan fingerprint density at radius 1 is 1.60 bits per heavy atom. The highest BCUT2D eigenvalue weighted by Gasteiger charge is 2.09. The Morgan fingerprint density at radius 3 is 2.80 bits per heavy atom. The Hall–Kier alpha value is -1.52. The van der Waals surface area contributed by atoms with Gasteiger partial charge in [0.25, 0.3) is 0 Å². The number of alkyl carbamates (subject to hydrolysis) is 1. The van der Waals surface area contributed by atoms with Crippen molar-refractivity contribution in [2.75, 3.05) is 13.2 Å². The number of carbonyl (C=O) groups excluding carboxylic acids is 1. The van der Waals surface area contributed by atoms with Crippen LogP contribution in [-0.2, 0) is 9.53 Å². The molecule has 5 heteroatoms. The van der Waals surface area contributed by atoms with Crippen LogP contribution >= 0.6 is 0 Å². The predicted octanol–water partition coefficient (Wildman–Crippen LogP) is 1.40. The lowest BCUT2D eigenvalue weighted by molar-refractivity contribution is -0.141. The highest BCUT2D eigenvalue weighted by molar-refractivity contribution is 5.69. The van der Waals surface area contributed by atoms with Crippen LogP contribution < -0.4 is 5.32 Å². The summed E-state index contributed by atoms with van der Waals surface area (Å²) in [6.45, 7) is 5.64. The van der Waals surface area contributed by atoms with Crippen molar-refractivity contribution in [2.24, 2.45) is 5.92 Å². The van der Waals surface area contributed by atoms with Crippen LogP contribution in [0.5, 0.6) is 0 Å². The second kappa shape index (κ2) is 7.84. The fraction of sp³-hybridized carbons (Fsp3) is 0.600. The maximum absolute atomic E-state index is 10.9. The van der Waals surface area contributed by atoms with Crippen molar-refractivity contribution in [3.05, 3.63) is 12.7 Å². The van der Waals surface area contributed by atoms with Crippen molar-refractivity contribution < 1.29 is 19.4 Å². The van der Waals surface area contributed by atoms with E-state index in [2.05, 4.69) is 16.6 Å². The number of carboxylic acid groups (broad SMARTS) is 1. The van der Waals surface area contributed by atoms with Gasteiger partial charge in [-0.15, -0.1) is 0 Å². The molecule has 0 bridgehead atoms. The fourth-order valence-corrected chi connectivity index (χ4v) is 0.908. The summed E-state index contributed by atoms with van der Waals surface area (Å²) in [6.07, 6.45) is 2.14. The van der Waals surface area contributed by atoms with Crippen LogP contribution in [-0.4, -0.2) is 30.3 Å². The first kappa shape index (κ1) is 13.5.